The third-order valence-electron chi connectivity index (χ3n) is 7.04. The predicted molar refractivity (Wildman–Crippen MR) is 149 cm³/mol. The molecule has 0 aliphatic heterocycles. The number of nitrogens with one attached hydrogen (secondary N) is 2. The van der Waals surface area contributed by atoms with Crippen LogP contribution in [0.2, 0.25) is 0 Å². The molecule has 2 N–H and O–H groups in total. The molecule has 1 aliphatic rings. The minimum Gasteiger partial charge on any atom is -0.451 e. The molecule has 0 spiro atoms. The van der Waals surface area contributed by atoms with Crippen LogP contribution < -0.4 is 15.5 Å². The summed E-state index contributed by atoms with van der Waals surface area (Å²) in [6.45, 7) is 1.79. The van der Waals surface area contributed by atoms with Crippen molar-refractivity contribution in [1.29, 1.82) is 0 Å². The van der Waals surface area contributed by atoms with Crippen molar-refractivity contribution in [2.45, 2.75) is 44.7 Å². The van der Waals surface area contributed by atoms with Gasteiger partial charge in [-0.25, -0.2) is 4.98 Å². The van der Waals surface area contributed by atoms with E-state index in [1.807, 2.05) is 32.3 Å². The Hall–Kier alpha value is -4.40. The maximum atomic E-state index is 12.9. The van der Waals surface area contributed by atoms with Crippen LogP contribution in [-0.2, 0) is 0 Å². The number of nitrogens with zero attached hydrogens (tertiary/aromatic N) is 3. The number of hydrogen-bond donors (Lipinski definition) is 2. The number of aryl methyl sites for hydroxylation is 1. The highest BCUT2D eigenvalue weighted by molar-refractivity contribution is 5.93. The van der Waals surface area contributed by atoms with Crippen molar-refractivity contribution in [1.82, 2.24) is 10.3 Å². The Kier molecular flexibility index (Phi) is 7.00. The number of benzene rings is 2. The van der Waals surface area contributed by atoms with Crippen LogP contribution >= 0.6 is 0 Å². The van der Waals surface area contributed by atoms with Gasteiger partial charge in [0.05, 0.1) is 16.0 Å². The average molecular weight is 514 g/mol. The molecule has 1 amide bonds. The van der Waals surface area contributed by atoms with E-state index in [0.717, 1.165) is 53.7 Å². The fourth-order valence-corrected chi connectivity index (χ4v) is 5.05. The highest BCUT2D eigenvalue weighted by atomic mass is 16.6. The van der Waals surface area contributed by atoms with Crippen LogP contribution in [0.3, 0.4) is 0 Å². The van der Waals surface area contributed by atoms with E-state index in [1.165, 1.54) is 6.07 Å². The van der Waals surface area contributed by atoms with Gasteiger partial charge < -0.3 is 20.0 Å². The second kappa shape index (κ2) is 10.5. The maximum absolute atomic E-state index is 12.9. The first-order valence-electron chi connectivity index (χ1n) is 12.8. The molecule has 196 valence electrons. The average Bonchev–Trinajstić information content (AvgIpc) is 3.39. The number of aromatic nitrogens is 1. The molecular formula is C29H31N5O4. The third-order valence-corrected chi connectivity index (χ3v) is 7.04. The highest BCUT2D eigenvalue weighted by Gasteiger charge is 2.25. The van der Waals surface area contributed by atoms with Gasteiger partial charge in [0.15, 0.2) is 5.76 Å². The minimum atomic E-state index is -0.439. The molecule has 2 aromatic heterocycles. The summed E-state index contributed by atoms with van der Waals surface area (Å²) in [6.07, 6.45) is 3.45. The van der Waals surface area contributed by atoms with Gasteiger partial charge in [-0.3, -0.25) is 14.9 Å². The molecular weight excluding hydrogens is 482 g/mol. The summed E-state index contributed by atoms with van der Waals surface area (Å²) in [5.41, 5.74) is 3.16. The van der Waals surface area contributed by atoms with Crippen molar-refractivity contribution in [3.63, 3.8) is 0 Å². The SMILES string of the molecule is Cc1ccc(-c2ccc(C(=O)N[C@H]3CC[C@@H](Nc4cc(N(C)C)c5ccccc5n4)CC3)o2)c([N+](=O)[O-])c1. The summed E-state index contributed by atoms with van der Waals surface area (Å²) in [7, 11) is 4.06. The fourth-order valence-electron chi connectivity index (χ4n) is 5.05. The number of anilines is 2. The van der Waals surface area contributed by atoms with Gasteiger partial charge in [-0.15, -0.1) is 0 Å². The molecule has 9 heteroatoms. The van der Waals surface area contributed by atoms with Crippen molar-refractivity contribution in [3.8, 4) is 11.3 Å². The number of hydrogen-bond acceptors (Lipinski definition) is 7. The van der Waals surface area contributed by atoms with E-state index in [2.05, 4.69) is 27.7 Å². The number of carbonyl (C=O) groups is 1. The van der Waals surface area contributed by atoms with E-state index in [4.69, 9.17) is 9.40 Å². The van der Waals surface area contributed by atoms with E-state index in [-0.39, 0.29) is 29.4 Å². The van der Waals surface area contributed by atoms with Crippen molar-refractivity contribution < 1.29 is 14.1 Å². The molecule has 5 rings (SSSR count). The smallest absolute Gasteiger partial charge is 0.287 e. The number of nitro groups is 1. The van der Waals surface area contributed by atoms with Gasteiger partial charge in [0.2, 0.25) is 0 Å². The molecule has 0 saturated heterocycles. The van der Waals surface area contributed by atoms with Crippen LogP contribution in [0.1, 0.15) is 41.8 Å². The lowest BCUT2D eigenvalue weighted by Gasteiger charge is -2.30. The van der Waals surface area contributed by atoms with E-state index < -0.39 is 4.92 Å². The Morgan fingerprint density at radius 1 is 1.03 bits per heavy atom. The van der Waals surface area contributed by atoms with E-state index in [1.54, 1.807) is 31.2 Å². The lowest BCUT2D eigenvalue weighted by molar-refractivity contribution is -0.384. The van der Waals surface area contributed by atoms with Gasteiger partial charge >= 0.3 is 0 Å². The molecule has 1 aliphatic carbocycles. The zero-order valence-electron chi connectivity index (χ0n) is 21.7. The fraction of sp³-hybridized carbons (Fsp3) is 0.310. The standard InChI is InChI=1S/C29H31N5O4/c1-18-8-13-22(25(16-18)34(36)37)26-14-15-27(38-26)29(35)31-20-11-9-19(10-12-20)30-28-17-24(33(2)3)21-6-4-5-7-23(21)32-28/h4-8,13-17,19-20H,9-12H2,1-3H3,(H,30,32)(H,31,35)/t19-,20+. The summed E-state index contributed by atoms with van der Waals surface area (Å²) < 4.78 is 5.73. The second-order valence-electron chi connectivity index (χ2n) is 10.0. The molecule has 0 radical (unpaired) electrons. The number of nitro benzene ring substituents is 1. The van der Waals surface area contributed by atoms with Crippen LogP contribution in [0.4, 0.5) is 17.2 Å². The van der Waals surface area contributed by atoms with Crippen molar-refractivity contribution in [2.24, 2.45) is 0 Å². The molecule has 9 nitrogen and oxygen atoms in total. The first-order valence-corrected chi connectivity index (χ1v) is 12.8. The quantitative estimate of drug-likeness (QED) is 0.233. The summed E-state index contributed by atoms with van der Waals surface area (Å²) >= 11 is 0. The molecule has 4 aromatic rings. The Labute approximate surface area is 221 Å². The number of fused-ring (bicyclic) bond motifs is 1. The lowest BCUT2D eigenvalue weighted by Crippen LogP contribution is -2.40. The topological polar surface area (TPSA) is 114 Å². The van der Waals surface area contributed by atoms with Gasteiger partial charge in [-0.1, -0.05) is 24.3 Å². The zero-order valence-corrected chi connectivity index (χ0v) is 21.7. The predicted octanol–water partition coefficient (Wildman–Crippen LogP) is 5.93. The van der Waals surface area contributed by atoms with Gasteiger partial charge in [0.25, 0.3) is 11.6 Å². The summed E-state index contributed by atoms with van der Waals surface area (Å²) in [5, 5.41) is 19.2. The largest absolute Gasteiger partial charge is 0.451 e. The number of furan rings is 1. The van der Waals surface area contributed by atoms with Crippen molar-refractivity contribution in [3.05, 3.63) is 82.1 Å². The molecule has 0 atom stereocenters. The van der Waals surface area contributed by atoms with Crippen LogP contribution in [0, 0.1) is 17.0 Å². The zero-order chi connectivity index (χ0) is 26.8. The van der Waals surface area contributed by atoms with E-state index in [9.17, 15) is 14.9 Å². The van der Waals surface area contributed by atoms with Crippen LogP contribution in [-0.4, -0.2) is 42.0 Å². The summed E-state index contributed by atoms with van der Waals surface area (Å²) in [6, 6.07) is 18.6. The molecule has 2 heterocycles. The van der Waals surface area contributed by atoms with Gasteiger partial charge in [0.1, 0.15) is 11.6 Å². The number of carbonyl (C=O) groups excluding carboxylic acids is 1. The van der Waals surface area contributed by atoms with Crippen LogP contribution in [0.15, 0.2) is 65.1 Å². The molecule has 0 bridgehead atoms. The Morgan fingerprint density at radius 2 is 1.76 bits per heavy atom. The Morgan fingerprint density at radius 3 is 2.50 bits per heavy atom. The monoisotopic (exact) mass is 513 g/mol. The molecule has 0 unspecified atom stereocenters. The van der Waals surface area contributed by atoms with Crippen LogP contribution in [0.25, 0.3) is 22.2 Å². The molecule has 2 aromatic carbocycles. The molecule has 1 fully saturated rings. The van der Waals surface area contributed by atoms with Gasteiger partial charge in [0, 0.05) is 49.4 Å². The normalized spacial score (nSPS) is 17.2. The Balaban J connectivity index is 1.20. The first kappa shape index (κ1) is 25.3. The second-order valence-corrected chi connectivity index (χ2v) is 10.0. The number of para-hydroxylation sites is 1. The van der Waals surface area contributed by atoms with Crippen LogP contribution in [0.5, 0.6) is 0 Å². The van der Waals surface area contributed by atoms with E-state index in [0.29, 0.717) is 11.3 Å². The molecule has 38 heavy (non-hydrogen) atoms. The van der Waals surface area contributed by atoms with E-state index >= 15 is 0 Å². The van der Waals surface area contributed by atoms with Crippen molar-refractivity contribution in [2.75, 3.05) is 24.3 Å². The number of rotatable bonds is 7. The number of amides is 1. The first-order chi connectivity index (χ1) is 18.3. The van der Waals surface area contributed by atoms with Gasteiger partial charge in [-0.2, -0.15) is 0 Å². The Bertz CT molecular complexity index is 1490. The van der Waals surface area contributed by atoms with Gasteiger partial charge in [-0.05, 0) is 62.4 Å². The molecule has 1 saturated carbocycles. The maximum Gasteiger partial charge on any atom is 0.287 e. The highest BCUT2D eigenvalue weighted by Crippen LogP contribution is 2.33. The summed E-state index contributed by atoms with van der Waals surface area (Å²) in [5.74, 6) is 0.990. The third kappa shape index (κ3) is 5.32. The lowest BCUT2D eigenvalue weighted by atomic mass is 9.91. The van der Waals surface area contributed by atoms with Crippen molar-refractivity contribution >= 4 is 34.0 Å². The number of pyridine rings is 1. The summed E-state index contributed by atoms with van der Waals surface area (Å²) in [4.78, 5) is 30.8. The minimum absolute atomic E-state index is 0.0321.